The summed E-state index contributed by atoms with van der Waals surface area (Å²) in [6, 6.07) is 13.9. The first-order valence-corrected chi connectivity index (χ1v) is 8.32. The van der Waals surface area contributed by atoms with Gasteiger partial charge in [0.1, 0.15) is 11.6 Å². The predicted octanol–water partition coefficient (Wildman–Crippen LogP) is 4.09. The van der Waals surface area contributed by atoms with E-state index >= 15 is 0 Å². The van der Waals surface area contributed by atoms with Crippen LogP contribution in [-0.2, 0) is 6.54 Å². The zero-order valence-electron chi connectivity index (χ0n) is 13.1. The molecule has 4 nitrogen and oxygen atoms in total. The van der Waals surface area contributed by atoms with Crippen LogP contribution in [-0.4, -0.2) is 15.6 Å². The van der Waals surface area contributed by atoms with E-state index in [1.54, 1.807) is 17.0 Å². The van der Waals surface area contributed by atoms with Crippen molar-refractivity contribution in [1.82, 2.24) is 9.78 Å². The zero-order chi connectivity index (χ0) is 16.9. The SMILES string of the molecule is Cc1ccsc1C(=O)C(C#N)=Cc1cnn(Cc2ccccc2)c1. The van der Waals surface area contributed by atoms with E-state index < -0.39 is 0 Å². The minimum atomic E-state index is -0.235. The minimum Gasteiger partial charge on any atom is -0.287 e. The summed E-state index contributed by atoms with van der Waals surface area (Å²) in [5.74, 6) is -0.235. The van der Waals surface area contributed by atoms with Crippen molar-refractivity contribution >= 4 is 23.2 Å². The Morgan fingerprint density at radius 3 is 2.79 bits per heavy atom. The lowest BCUT2D eigenvalue weighted by Crippen LogP contribution is -2.01. The molecule has 0 aliphatic rings. The number of allylic oxidation sites excluding steroid dienone is 1. The van der Waals surface area contributed by atoms with Crippen LogP contribution in [0.15, 0.2) is 59.7 Å². The maximum absolute atomic E-state index is 12.5. The van der Waals surface area contributed by atoms with Gasteiger partial charge < -0.3 is 0 Å². The van der Waals surface area contributed by atoms with Gasteiger partial charge in [0.25, 0.3) is 0 Å². The highest BCUT2D eigenvalue weighted by Gasteiger charge is 2.16. The monoisotopic (exact) mass is 333 g/mol. The Bertz CT molecular complexity index is 929. The Morgan fingerprint density at radius 1 is 1.33 bits per heavy atom. The van der Waals surface area contributed by atoms with E-state index in [9.17, 15) is 10.1 Å². The number of Topliss-reactive ketones (excluding diaryl/α,β-unsaturated/α-hetero) is 1. The Labute approximate surface area is 144 Å². The second kappa shape index (κ2) is 7.07. The van der Waals surface area contributed by atoms with Gasteiger partial charge >= 0.3 is 0 Å². The van der Waals surface area contributed by atoms with E-state index in [2.05, 4.69) is 5.10 Å². The molecule has 0 unspecified atom stereocenters. The molecule has 5 heteroatoms. The van der Waals surface area contributed by atoms with Gasteiger partial charge in [-0.2, -0.15) is 10.4 Å². The molecule has 2 aromatic heterocycles. The Morgan fingerprint density at radius 2 is 2.12 bits per heavy atom. The highest BCUT2D eigenvalue weighted by atomic mass is 32.1. The number of rotatable bonds is 5. The number of thiophene rings is 1. The molecule has 0 saturated heterocycles. The van der Waals surface area contributed by atoms with E-state index in [0.29, 0.717) is 11.4 Å². The fourth-order valence-corrected chi connectivity index (χ4v) is 3.23. The number of nitrogens with zero attached hydrogens (tertiary/aromatic N) is 3. The third-order valence-electron chi connectivity index (χ3n) is 3.59. The molecule has 0 fully saturated rings. The average Bonchev–Trinajstić information content (AvgIpc) is 3.22. The first kappa shape index (κ1) is 15.9. The van der Waals surface area contributed by atoms with E-state index in [1.165, 1.54) is 11.3 Å². The molecule has 0 bridgehead atoms. The van der Waals surface area contributed by atoms with Gasteiger partial charge in [0, 0.05) is 11.8 Å². The van der Waals surface area contributed by atoms with Crippen molar-refractivity contribution in [3.8, 4) is 6.07 Å². The molecular weight excluding hydrogens is 318 g/mol. The summed E-state index contributed by atoms with van der Waals surface area (Å²) in [5.41, 5.74) is 2.90. The van der Waals surface area contributed by atoms with Gasteiger partial charge in [-0.05, 0) is 35.6 Å². The first-order valence-electron chi connectivity index (χ1n) is 7.44. The summed E-state index contributed by atoms with van der Waals surface area (Å²) in [4.78, 5) is 13.1. The lowest BCUT2D eigenvalue weighted by atomic mass is 10.1. The summed E-state index contributed by atoms with van der Waals surface area (Å²) >= 11 is 1.36. The molecule has 24 heavy (non-hydrogen) atoms. The van der Waals surface area contributed by atoms with Gasteiger partial charge in [-0.15, -0.1) is 11.3 Å². The first-order chi connectivity index (χ1) is 11.7. The molecule has 3 aromatic rings. The number of carbonyl (C=O) groups excluding carboxylic acids is 1. The summed E-state index contributed by atoms with van der Waals surface area (Å²) < 4.78 is 1.79. The van der Waals surface area contributed by atoms with Gasteiger partial charge in [-0.1, -0.05) is 30.3 Å². The number of carbonyl (C=O) groups is 1. The smallest absolute Gasteiger partial charge is 0.213 e. The van der Waals surface area contributed by atoms with Crippen molar-refractivity contribution in [3.63, 3.8) is 0 Å². The molecule has 0 spiro atoms. The van der Waals surface area contributed by atoms with Crippen molar-refractivity contribution < 1.29 is 4.79 Å². The molecule has 118 valence electrons. The number of aryl methyl sites for hydroxylation is 1. The Kier molecular flexibility index (Phi) is 4.69. The molecule has 3 rings (SSSR count). The van der Waals surface area contributed by atoms with Crippen LogP contribution in [0.3, 0.4) is 0 Å². The number of hydrogen-bond donors (Lipinski definition) is 0. The standard InChI is InChI=1S/C19H15N3OS/c1-14-7-8-24-19(14)18(23)17(10-20)9-16-11-21-22(13-16)12-15-5-3-2-4-6-15/h2-9,11,13H,12H2,1H3. The fourth-order valence-electron chi connectivity index (χ4n) is 2.35. The highest BCUT2D eigenvalue weighted by molar-refractivity contribution is 7.12. The third-order valence-corrected chi connectivity index (χ3v) is 4.60. The summed E-state index contributed by atoms with van der Waals surface area (Å²) in [6.45, 7) is 2.52. The highest BCUT2D eigenvalue weighted by Crippen LogP contribution is 2.20. The van der Waals surface area contributed by atoms with Crippen LogP contribution < -0.4 is 0 Å². The molecule has 0 saturated carbocycles. The molecular formula is C19H15N3OS. The van der Waals surface area contributed by atoms with Crippen molar-refractivity contribution in [2.24, 2.45) is 0 Å². The summed E-state index contributed by atoms with van der Waals surface area (Å²) in [5, 5.41) is 15.5. The normalized spacial score (nSPS) is 11.2. The third kappa shape index (κ3) is 3.50. The predicted molar refractivity (Wildman–Crippen MR) is 94.7 cm³/mol. The number of hydrogen-bond acceptors (Lipinski definition) is 4. The average molecular weight is 333 g/mol. The van der Waals surface area contributed by atoms with Gasteiger partial charge in [0.15, 0.2) is 0 Å². The fraction of sp³-hybridized carbons (Fsp3) is 0.105. The molecule has 1 aromatic carbocycles. The second-order valence-electron chi connectivity index (χ2n) is 5.39. The van der Waals surface area contributed by atoms with E-state index in [0.717, 1.165) is 16.7 Å². The minimum absolute atomic E-state index is 0.125. The molecule has 0 aliphatic carbocycles. The summed E-state index contributed by atoms with van der Waals surface area (Å²) in [6.07, 6.45) is 5.09. The maximum Gasteiger partial charge on any atom is 0.213 e. The van der Waals surface area contributed by atoms with Gasteiger partial charge in [0.05, 0.1) is 17.6 Å². The molecule has 2 heterocycles. The largest absolute Gasteiger partial charge is 0.287 e. The molecule has 0 N–H and O–H groups in total. The molecule has 0 aliphatic heterocycles. The number of nitriles is 1. The lowest BCUT2D eigenvalue weighted by Gasteiger charge is -2.00. The van der Waals surface area contributed by atoms with Crippen molar-refractivity contribution in [2.75, 3.05) is 0 Å². The molecule has 0 atom stereocenters. The van der Waals surface area contributed by atoms with Crippen LogP contribution in [0.25, 0.3) is 6.08 Å². The summed E-state index contributed by atoms with van der Waals surface area (Å²) in [7, 11) is 0. The van der Waals surface area contributed by atoms with Crippen LogP contribution >= 0.6 is 11.3 Å². The van der Waals surface area contributed by atoms with Crippen molar-refractivity contribution in [2.45, 2.75) is 13.5 Å². The Balaban J connectivity index is 1.81. The van der Waals surface area contributed by atoms with Crippen LogP contribution in [0.2, 0.25) is 0 Å². The van der Waals surface area contributed by atoms with Crippen LogP contribution in [0.1, 0.15) is 26.4 Å². The van der Waals surface area contributed by atoms with E-state index in [-0.39, 0.29) is 11.4 Å². The van der Waals surface area contributed by atoms with Crippen LogP contribution in [0, 0.1) is 18.3 Å². The quantitative estimate of drug-likeness (QED) is 0.401. The Hall–Kier alpha value is -2.97. The second-order valence-corrected chi connectivity index (χ2v) is 6.30. The molecule has 0 amide bonds. The van der Waals surface area contributed by atoms with Gasteiger partial charge in [-0.3, -0.25) is 9.48 Å². The van der Waals surface area contributed by atoms with Gasteiger partial charge in [0.2, 0.25) is 5.78 Å². The van der Waals surface area contributed by atoms with Crippen LogP contribution in [0.4, 0.5) is 0 Å². The molecule has 0 radical (unpaired) electrons. The van der Waals surface area contributed by atoms with E-state index in [4.69, 9.17) is 0 Å². The van der Waals surface area contributed by atoms with Crippen LogP contribution in [0.5, 0.6) is 0 Å². The number of ketones is 1. The topological polar surface area (TPSA) is 58.7 Å². The van der Waals surface area contributed by atoms with Crippen molar-refractivity contribution in [1.29, 1.82) is 5.26 Å². The lowest BCUT2D eigenvalue weighted by molar-refractivity contribution is 0.104. The van der Waals surface area contributed by atoms with Crippen molar-refractivity contribution in [3.05, 3.63) is 81.3 Å². The zero-order valence-corrected chi connectivity index (χ0v) is 14.0. The van der Waals surface area contributed by atoms with E-state index in [1.807, 2.05) is 61.0 Å². The van der Waals surface area contributed by atoms with Gasteiger partial charge in [-0.25, -0.2) is 0 Å². The number of benzene rings is 1. The maximum atomic E-state index is 12.5. The number of aromatic nitrogens is 2.